The highest BCUT2D eigenvalue weighted by Crippen LogP contribution is 2.37. The fraction of sp³-hybridized carbons (Fsp3) is 0.278. The van der Waals surface area contributed by atoms with Crippen molar-refractivity contribution in [3.05, 3.63) is 118 Å². The zero-order valence-electron chi connectivity index (χ0n) is 27.5. The van der Waals surface area contributed by atoms with Gasteiger partial charge in [0.25, 0.3) is 11.1 Å². The molecule has 0 spiro atoms. The van der Waals surface area contributed by atoms with Crippen LogP contribution in [0, 0.1) is 30.2 Å². The van der Waals surface area contributed by atoms with Gasteiger partial charge >= 0.3 is 0 Å². The molecule has 1 N–H and O–H groups in total. The average Bonchev–Trinajstić information content (AvgIpc) is 3.52. The second-order valence-corrected chi connectivity index (χ2v) is 13.9. The number of rotatable bonds is 6. The molecule has 274 valence electrons. The van der Waals surface area contributed by atoms with Crippen LogP contribution in [0.25, 0.3) is 27.8 Å². The van der Waals surface area contributed by atoms with Crippen LogP contribution in [0.4, 0.5) is 17.6 Å². The number of benzene rings is 3. The lowest BCUT2D eigenvalue weighted by Crippen LogP contribution is -2.27. The Hall–Kier alpha value is -4.10. The Bertz CT molecular complexity index is 2370. The molecule has 7 rings (SSSR count). The van der Waals surface area contributed by atoms with E-state index in [0.717, 1.165) is 43.9 Å². The van der Waals surface area contributed by atoms with Gasteiger partial charge in [0.15, 0.2) is 11.6 Å². The highest BCUT2D eigenvalue weighted by Gasteiger charge is 2.27. The molecule has 0 radical (unpaired) electrons. The van der Waals surface area contributed by atoms with Crippen molar-refractivity contribution >= 4 is 52.0 Å². The van der Waals surface area contributed by atoms with E-state index in [1.165, 1.54) is 34.5 Å². The highest BCUT2D eigenvalue weighted by molar-refractivity contribution is 6.34. The first kappa shape index (κ1) is 37.7. The summed E-state index contributed by atoms with van der Waals surface area (Å²) < 4.78 is 68.8. The van der Waals surface area contributed by atoms with Gasteiger partial charge in [0.2, 0.25) is 0 Å². The van der Waals surface area contributed by atoms with Gasteiger partial charge in [0.05, 0.1) is 21.2 Å². The predicted octanol–water partition coefficient (Wildman–Crippen LogP) is 9.50. The summed E-state index contributed by atoms with van der Waals surface area (Å²) in [5, 5.41) is 9.79. The maximum atomic E-state index is 14.8. The topological polar surface area (TPSA) is 83.3 Å². The fourth-order valence-electron chi connectivity index (χ4n) is 6.23. The van der Waals surface area contributed by atoms with E-state index >= 15 is 0 Å². The molecule has 0 saturated carbocycles. The number of hydrogen-bond acceptors (Lipinski definition) is 4. The Morgan fingerprint density at radius 1 is 0.731 bits per heavy atom. The van der Waals surface area contributed by atoms with Gasteiger partial charge in [-0.3, -0.25) is 19.0 Å². The summed E-state index contributed by atoms with van der Waals surface area (Å²) in [4.78, 5) is 25.2. The van der Waals surface area contributed by atoms with E-state index < -0.39 is 28.8 Å². The maximum absolute atomic E-state index is 14.8. The molecule has 16 heteroatoms. The normalized spacial score (nSPS) is 13.6. The third-order valence-corrected chi connectivity index (χ3v) is 10.3. The van der Waals surface area contributed by atoms with Gasteiger partial charge in [-0.2, -0.15) is 0 Å². The average molecular weight is 800 g/mol. The minimum atomic E-state index is -1.02. The van der Waals surface area contributed by atoms with Gasteiger partial charge in [0.1, 0.15) is 40.0 Å². The maximum Gasteiger partial charge on any atom is 0.276 e. The van der Waals surface area contributed by atoms with Gasteiger partial charge in [-0.15, -0.1) is 0 Å². The SMILES string of the molecule is C=C(COc1cc(-c2c(Cl)n3n(c2=O)CCCC3)c(F)cc1Cl)c1ccc(C)c(F)c1F.O=c1c(-c2cc(O)c(Cl)cc2F)c(Cl)n2n1CCCC2. The van der Waals surface area contributed by atoms with Crippen LogP contribution in [-0.4, -0.2) is 30.4 Å². The molecule has 0 saturated heterocycles. The van der Waals surface area contributed by atoms with E-state index in [2.05, 4.69) is 6.58 Å². The molecular formula is C36H30Cl4F4N4O4. The molecule has 0 aliphatic carbocycles. The first-order valence-electron chi connectivity index (χ1n) is 16.1. The summed E-state index contributed by atoms with van der Waals surface area (Å²) >= 11 is 24.4. The molecule has 0 unspecified atom stereocenters. The second-order valence-electron chi connectivity index (χ2n) is 12.3. The third kappa shape index (κ3) is 6.89. The Morgan fingerprint density at radius 2 is 1.21 bits per heavy atom. The van der Waals surface area contributed by atoms with E-state index in [1.54, 1.807) is 9.36 Å². The van der Waals surface area contributed by atoms with Gasteiger partial charge in [-0.05, 0) is 68.0 Å². The van der Waals surface area contributed by atoms with Crippen LogP contribution < -0.4 is 15.9 Å². The van der Waals surface area contributed by atoms with Crippen molar-refractivity contribution in [3.8, 4) is 33.8 Å². The largest absolute Gasteiger partial charge is 0.506 e. The van der Waals surface area contributed by atoms with E-state index in [-0.39, 0.29) is 83.0 Å². The number of aryl methyl sites for hydroxylation is 1. The lowest BCUT2D eigenvalue weighted by molar-refractivity contribution is 0.356. The third-order valence-electron chi connectivity index (χ3n) is 8.98. The van der Waals surface area contributed by atoms with Crippen molar-refractivity contribution in [2.45, 2.75) is 58.8 Å². The number of ether oxygens (including phenoxy) is 1. The molecule has 3 aromatic carbocycles. The van der Waals surface area contributed by atoms with Crippen molar-refractivity contribution in [2.24, 2.45) is 0 Å². The van der Waals surface area contributed by atoms with Crippen LogP contribution in [0.3, 0.4) is 0 Å². The molecule has 4 heterocycles. The summed E-state index contributed by atoms with van der Waals surface area (Å²) in [6.07, 6.45) is 3.49. The van der Waals surface area contributed by atoms with E-state index in [4.69, 9.17) is 51.1 Å². The monoisotopic (exact) mass is 798 g/mol. The number of aromatic hydroxyl groups is 1. The Balaban J connectivity index is 0.000000198. The van der Waals surface area contributed by atoms with Crippen LogP contribution in [0.1, 0.15) is 36.8 Å². The van der Waals surface area contributed by atoms with E-state index in [1.807, 2.05) is 0 Å². The number of nitrogens with zero attached hydrogens (tertiary/aromatic N) is 4. The van der Waals surface area contributed by atoms with Gasteiger partial charge in [-0.25, -0.2) is 26.9 Å². The summed E-state index contributed by atoms with van der Waals surface area (Å²) in [6.45, 7) is 7.20. The van der Waals surface area contributed by atoms with Gasteiger partial charge < -0.3 is 9.84 Å². The molecule has 2 aromatic heterocycles. The first-order valence-corrected chi connectivity index (χ1v) is 17.6. The first-order chi connectivity index (χ1) is 24.7. The molecule has 5 aromatic rings. The van der Waals surface area contributed by atoms with Crippen LogP contribution in [0.15, 0.2) is 52.6 Å². The molecule has 0 atom stereocenters. The van der Waals surface area contributed by atoms with E-state index in [9.17, 15) is 32.3 Å². The second kappa shape index (κ2) is 15.1. The lowest BCUT2D eigenvalue weighted by atomic mass is 10.0. The minimum Gasteiger partial charge on any atom is -0.506 e. The summed E-state index contributed by atoms with van der Waals surface area (Å²) in [5.41, 5.74) is -0.434. The fourth-order valence-corrected chi connectivity index (χ4v) is 7.30. The summed E-state index contributed by atoms with van der Waals surface area (Å²) in [5.74, 6) is -3.62. The summed E-state index contributed by atoms with van der Waals surface area (Å²) in [6, 6.07) is 7.26. The molecule has 0 amide bonds. The minimum absolute atomic E-state index is 0.0260. The number of aromatic nitrogens is 4. The van der Waals surface area contributed by atoms with Crippen molar-refractivity contribution in [1.29, 1.82) is 0 Å². The summed E-state index contributed by atoms with van der Waals surface area (Å²) in [7, 11) is 0. The molecule has 2 aliphatic heterocycles. The Kier molecular flexibility index (Phi) is 10.9. The number of phenolic OH excluding ortho intramolecular Hbond substituents is 1. The van der Waals surface area contributed by atoms with Crippen molar-refractivity contribution < 1.29 is 27.4 Å². The van der Waals surface area contributed by atoms with Crippen LogP contribution >= 0.6 is 46.4 Å². The molecular weight excluding hydrogens is 770 g/mol. The van der Waals surface area contributed by atoms with Gasteiger partial charge in [0, 0.05) is 42.9 Å². The number of halogens is 8. The lowest BCUT2D eigenvalue weighted by Gasteiger charge is -2.17. The zero-order valence-corrected chi connectivity index (χ0v) is 30.5. The molecule has 2 aliphatic rings. The predicted molar refractivity (Wildman–Crippen MR) is 194 cm³/mol. The number of fused-ring (bicyclic) bond motifs is 2. The Morgan fingerprint density at radius 3 is 1.73 bits per heavy atom. The molecule has 52 heavy (non-hydrogen) atoms. The van der Waals surface area contributed by atoms with Gasteiger partial charge in [-0.1, -0.05) is 65.1 Å². The van der Waals surface area contributed by atoms with Crippen molar-refractivity contribution in [1.82, 2.24) is 18.7 Å². The van der Waals surface area contributed by atoms with Crippen molar-refractivity contribution in [2.75, 3.05) is 6.61 Å². The number of hydrogen-bond donors (Lipinski definition) is 1. The molecule has 0 fully saturated rings. The quantitative estimate of drug-likeness (QED) is 0.174. The van der Waals surface area contributed by atoms with Crippen LogP contribution in [0.5, 0.6) is 11.5 Å². The Labute approximate surface area is 314 Å². The standard InChI is InChI=1S/C23H19Cl2F3N2O2.C13H11Cl2FN2O2/c1-12-5-6-14(21(28)20(12)27)13(2)11-32-18-9-15(17(26)10-16(18)24)19-22(25)29-7-3-4-8-30(29)23(19)31;14-8-6-9(16)7(5-10(8)19)11-12(15)17-3-1-2-4-18(17)13(11)20/h5-6,9-10H,2-4,7-8,11H2,1H3;5-6,19H,1-4H2. The van der Waals surface area contributed by atoms with Crippen LogP contribution in [-0.2, 0) is 26.2 Å². The van der Waals surface area contributed by atoms with Crippen LogP contribution in [0.2, 0.25) is 20.4 Å². The molecule has 0 bridgehead atoms. The van der Waals surface area contributed by atoms with Crippen molar-refractivity contribution in [3.63, 3.8) is 0 Å². The zero-order chi connectivity index (χ0) is 37.6. The molecule has 8 nitrogen and oxygen atoms in total. The number of phenols is 1. The van der Waals surface area contributed by atoms with E-state index in [0.29, 0.717) is 26.2 Å². The highest BCUT2D eigenvalue weighted by atomic mass is 35.5. The smallest absolute Gasteiger partial charge is 0.276 e.